The summed E-state index contributed by atoms with van der Waals surface area (Å²) < 4.78 is 30.6. The van der Waals surface area contributed by atoms with Gasteiger partial charge in [0.25, 0.3) is 21.8 Å². The topological polar surface area (TPSA) is 154 Å². The van der Waals surface area contributed by atoms with E-state index < -0.39 is 15.9 Å². The number of amides is 2. The predicted molar refractivity (Wildman–Crippen MR) is 230 cm³/mol. The largest absolute Gasteiger partial charge is 0.352 e. The van der Waals surface area contributed by atoms with E-state index in [0.717, 1.165) is 52.7 Å². The minimum atomic E-state index is -4.41. The van der Waals surface area contributed by atoms with Crippen molar-refractivity contribution >= 4 is 60.0 Å². The summed E-state index contributed by atoms with van der Waals surface area (Å²) in [5, 5.41) is 6.60. The predicted octanol–water partition coefficient (Wildman–Crippen LogP) is 8.08. The van der Waals surface area contributed by atoms with Crippen molar-refractivity contribution in [3.8, 4) is 0 Å². The number of aryl methyl sites for hydroxylation is 3. The van der Waals surface area contributed by atoms with Gasteiger partial charge in [-0.1, -0.05) is 78.1 Å². The number of thiazole rings is 1. The van der Waals surface area contributed by atoms with Gasteiger partial charge in [-0.05, 0) is 135 Å². The van der Waals surface area contributed by atoms with Crippen molar-refractivity contribution in [3.05, 3.63) is 147 Å². The van der Waals surface area contributed by atoms with Gasteiger partial charge in [0.1, 0.15) is 17.2 Å². The average Bonchev–Trinajstić information content (AvgIpc) is 3.64. The molecule has 2 N–H and O–H groups in total. The van der Waals surface area contributed by atoms with Crippen molar-refractivity contribution < 1.29 is 18.0 Å². The van der Waals surface area contributed by atoms with Crippen LogP contribution >= 0.6 is 11.3 Å². The Kier molecular flexibility index (Phi) is 12.7. The van der Waals surface area contributed by atoms with Crippen molar-refractivity contribution in [2.24, 2.45) is 5.18 Å². The maximum Gasteiger partial charge on any atom is 0.283 e. The highest BCUT2D eigenvalue weighted by Gasteiger charge is 2.27. The van der Waals surface area contributed by atoms with Crippen LogP contribution < -0.4 is 14.9 Å². The second kappa shape index (κ2) is 18.2. The zero-order valence-electron chi connectivity index (χ0n) is 32.5. The molecule has 0 atom stereocenters. The molecule has 4 aromatic carbocycles. The fourth-order valence-corrected chi connectivity index (χ4v) is 9.07. The summed E-state index contributed by atoms with van der Waals surface area (Å²) >= 11 is 1.41. The lowest BCUT2D eigenvalue weighted by atomic mass is 9.94. The van der Waals surface area contributed by atoms with Gasteiger partial charge in [0.05, 0.1) is 15.1 Å². The lowest BCUT2D eigenvalue weighted by Crippen LogP contribution is -2.35. The second-order valence-corrected chi connectivity index (χ2v) is 17.4. The number of aromatic nitrogens is 2. The molecule has 1 aliphatic rings. The molecule has 0 unspecified atom stereocenters. The monoisotopic (exact) mass is 815 g/mol. The Labute approximate surface area is 342 Å². The number of nitrogens with one attached hydrogen (secondary N) is 2. The van der Waals surface area contributed by atoms with Crippen LogP contribution in [0, 0.1) is 4.91 Å². The first kappa shape index (κ1) is 40.4. The van der Waals surface area contributed by atoms with Gasteiger partial charge >= 0.3 is 0 Å². The number of benzene rings is 4. The number of nitrogens with zero attached hydrogens (tertiary/aromatic N) is 5. The van der Waals surface area contributed by atoms with Gasteiger partial charge in [-0.15, -0.1) is 4.91 Å². The van der Waals surface area contributed by atoms with Crippen molar-refractivity contribution in [2.75, 3.05) is 37.4 Å². The highest BCUT2D eigenvalue weighted by molar-refractivity contribution is 7.90. The Morgan fingerprint density at radius 2 is 1.60 bits per heavy atom. The SMILES string of the molecule is CN(C)CCCCc1ccc(S(=O)(=O)NC(=O)c2nc(N3CCc4cccc(C(=O)Nc5nc6ccccc6s5)c4C3)ccc2CCCc2ccccc2)cc1N=O. The van der Waals surface area contributed by atoms with E-state index in [-0.39, 0.29) is 22.2 Å². The quantitative estimate of drug-likeness (QED) is 0.0729. The number of carbonyl (C=O) groups excluding carboxylic acids is 2. The van der Waals surface area contributed by atoms with E-state index >= 15 is 0 Å². The molecule has 0 saturated carbocycles. The molecule has 6 aromatic rings. The average molecular weight is 816 g/mol. The molecular formula is C44H45N7O5S2. The molecule has 0 saturated heterocycles. The van der Waals surface area contributed by atoms with Gasteiger partial charge < -0.3 is 9.80 Å². The molecule has 1 aliphatic heterocycles. The van der Waals surface area contributed by atoms with Crippen LogP contribution in [0.15, 0.2) is 113 Å². The summed E-state index contributed by atoms with van der Waals surface area (Å²) in [5.41, 5.74) is 5.64. The highest BCUT2D eigenvalue weighted by atomic mass is 32.2. The van der Waals surface area contributed by atoms with Gasteiger partial charge in [-0.25, -0.2) is 23.1 Å². The van der Waals surface area contributed by atoms with Crippen LogP contribution in [0.5, 0.6) is 0 Å². The maximum absolute atomic E-state index is 14.0. The Morgan fingerprint density at radius 1 is 0.828 bits per heavy atom. The molecule has 3 heterocycles. The van der Waals surface area contributed by atoms with Crippen molar-refractivity contribution in [1.29, 1.82) is 0 Å². The van der Waals surface area contributed by atoms with Crippen LogP contribution in [0.1, 0.15) is 67.9 Å². The molecule has 0 radical (unpaired) electrons. The number of para-hydroxylation sites is 1. The van der Waals surface area contributed by atoms with E-state index in [1.54, 1.807) is 12.1 Å². The molecule has 298 valence electrons. The first-order valence-electron chi connectivity index (χ1n) is 19.3. The van der Waals surface area contributed by atoms with E-state index in [4.69, 9.17) is 4.98 Å². The third-order valence-corrected chi connectivity index (χ3v) is 12.6. The smallest absolute Gasteiger partial charge is 0.283 e. The van der Waals surface area contributed by atoms with Crippen LogP contribution in [0.3, 0.4) is 0 Å². The number of sulfonamides is 1. The van der Waals surface area contributed by atoms with Crippen LogP contribution in [-0.4, -0.2) is 62.3 Å². The minimum absolute atomic E-state index is 0.00644. The molecule has 2 amide bonds. The van der Waals surface area contributed by atoms with Crippen molar-refractivity contribution in [3.63, 3.8) is 0 Å². The van der Waals surface area contributed by atoms with Crippen LogP contribution in [-0.2, 0) is 42.3 Å². The van der Waals surface area contributed by atoms with Gasteiger partial charge in [0, 0.05) is 18.7 Å². The Hall–Kier alpha value is -5.83. The Morgan fingerprint density at radius 3 is 2.40 bits per heavy atom. The molecule has 0 bridgehead atoms. The van der Waals surface area contributed by atoms with Crippen molar-refractivity contribution in [2.45, 2.75) is 56.4 Å². The van der Waals surface area contributed by atoms with Gasteiger partial charge in [-0.2, -0.15) is 0 Å². The first-order chi connectivity index (χ1) is 28.1. The molecule has 2 aromatic heterocycles. The lowest BCUT2D eigenvalue weighted by molar-refractivity contribution is 0.0974. The number of carbonyl (C=O) groups is 2. The van der Waals surface area contributed by atoms with E-state index in [2.05, 4.69) is 25.1 Å². The van der Waals surface area contributed by atoms with Gasteiger partial charge in [-0.3, -0.25) is 14.9 Å². The number of pyridine rings is 1. The highest BCUT2D eigenvalue weighted by Crippen LogP contribution is 2.30. The molecule has 12 nitrogen and oxygen atoms in total. The van der Waals surface area contributed by atoms with E-state index in [1.807, 2.05) is 97.9 Å². The van der Waals surface area contributed by atoms with Crippen LogP contribution in [0.25, 0.3) is 10.2 Å². The number of unbranched alkanes of at least 4 members (excludes halogenated alkanes) is 1. The molecule has 58 heavy (non-hydrogen) atoms. The molecule has 14 heteroatoms. The molecule has 7 rings (SSSR count). The summed E-state index contributed by atoms with van der Waals surface area (Å²) in [6, 6.07) is 31.3. The lowest BCUT2D eigenvalue weighted by Gasteiger charge is -2.31. The maximum atomic E-state index is 14.0. The fraction of sp³-hybridized carbons (Fsp3) is 0.273. The summed E-state index contributed by atoms with van der Waals surface area (Å²) in [4.78, 5) is 52.7. The van der Waals surface area contributed by atoms with Crippen LogP contribution in [0.2, 0.25) is 0 Å². The van der Waals surface area contributed by atoms with Gasteiger partial charge in [0.2, 0.25) is 0 Å². The second-order valence-electron chi connectivity index (χ2n) is 14.6. The number of rotatable bonds is 16. The number of hydrogen-bond donors (Lipinski definition) is 2. The molecule has 0 fully saturated rings. The summed E-state index contributed by atoms with van der Waals surface area (Å²) in [6.45, 7) is 1.81. The summed E-state index contributed by atoms with van der Waals surface area (Å²) in [7, 11) is -0.430. The summed E-state index contributed by atoms with van der Waals surface area (Å²) in [5.74, 6) is -0.666. The third kappa shape index (κ3) is 9.64. The Balaban J connectivity index is 1.13. The Bertz CT molecular complexity index is 2530. The minimum Gasteiger partial charge on any atom is -0.352 e. The zero-order chi connectivity index (χ0) is 40.6. The summed E-state index contributed by atoms with van der Waals surface area (Å²) in [6.07, 6.45) is 4.86. The molecule has 0 spiro atoms. The first-order valence-corrected chi connectivity index (χ1v) is 21.6. The van der Waals surface area contributed by atoms with Crippen molar-refractivity contribution in [1.82, 2.24) is 19.6 Å². The number of anilines is 2. The van der Waals surface area contributed by atoms with Crippen LogP contribution in [0.4, 0.5) is 16.6 Å². The number of hydrogen-bond acceptors (Lipinski definition) is 11. The third-order valence-electron chi connectivity index (χ3n) is 10.3. The standard InChI is InChI=1S/C44H45N7O5S2/c1-50(2)26-9-8-15-32-21-23-34(28-38(32)48-54)58(55,56)49-43(53)41-33(17-10-14-30-12-4-3-5-13-30)22-24-40(46-41)51-27-25-31-16-11-18-35(36(31)29-51)42(52)47-44-45-37-19-6-7-20-39(37)57-44/h3-7,11-13,16,18-24,28H,8-10,14-15,17,25-27,29H2,1-2H3,(H,49,53)(H,45,47,52). The van der Waals surface area contributed by atoms with E-state index in [1.165, 1.54) is 23.5 Å². The van der Waals surface area contributed by atoms with E-state index in [9.17, 15) is 22.9 Å². The normalized spacial score (nSPS) is 12.7. The zero-order valence-corrected chi connectivity index (χ0v) is 34.1. The van der Waals surface area contributed by atoms with Gasteiger partial charge in [0.15, 0.2) is 5.13 Å². The van der Waals surface area contributed by atoms with E-state index in [0.29, 0.717) is 66.4 Å². The molecule has 0 aliphatic carbocycles. The number of fused-ring (bicyclic) bond motifs is 2. The number of nitroso groups, excluding NO2 is 1. The molecular weight excluding hydrogens is 771 g/mol. The fourth-order valence-electron chi connectivity index (χ4n) is 7.24.